The van der Waals surface area contributed by atoms with Gasteiger partial charge in [-0.25, -0.2) is 4.98 Å². The minimum Gasteiger partial charge on any atom is -0.456 e. The quantitative estimate of drug-likeness (QED) is 0.160. The van der Waals surface area contributed by atoms with Crippen LogP contribution in [0.1, 0.15) is 0 Å². The third kappa shape index (κ3) is 6.30. The Hall–Kier alpha value is -9.39. The van der Waals surface area contributed by atoms with Crippen molar-refractivity contribution in [2.24, 2.45) is 0 Å². The summed E-state index contributed by atoms with van der Waals surface area (Å²) in [6.45, 7) is 0. The molecule has 0 fully saturated rings. The average molecular weight is 882 g/mol. The molecule has 0 unspecified atom stereocenters. The summed E-state index contributed by atoms with van der Waals surface area (Å²) in [6.07, 6.45) is 0. The van der Waals surface area contributed by atoms with Gasteiger partial charge in [0.25, 0.3) is 0 Å². The smallest absolute Gasteiger partial charge is 0.238 e. The highest BCUT2D eigenvalue weighted by Gasteiger charge is 2.25. The fourth-order valence-electron chi connectivity index (χ4n) is 10.4. The molecule has 6 heteroatoms. The van der Waals surface area contributed by atoms with Gasteiger partial charge in [-0.05, 0) is 76.3 Å². The van der Waals surface area contributed by atoms with Crippen LogP contribution in [0.15, 0.2) is 241 Å². The molecule has 69 heavy (non-hydrogen) atoms. The first-order valence-electron chi connectivity index (χ1n) is 23.3. The van der Waals surface area contributed by atoms with Crippen LogP contribution in [-0.4, -0.2) is 24.1 Å². The van der Waals surface area contributed by atoms with Gasteiger partial charge in [-0.1, -0.05) is 188 Å². The molecular weight excluding hydrogens is 843 g/mol. The number of furan rings is 1. The maximum absolute atomic E-state index is 6.64. The second kappa shape index (κ2) is 15.6. The maximum Gasteiger partial charge on any atom is 0.238 e. The van der Waals surface area contributed by atoms with Crippen LogP contribution in [0.2, 0.25) is 0 Å². The lowest BCUT2D eigenvalue weighted by Gasteiger charge is -2.17. The molecule has 10 aromatic carbocycles. The van der Waals surface area contributed by atoms with Gasteiger partial charge in [-0.15, -0.1) is 0 Å². The zero-order valence-electron chi connectivity index (χ0n) is 37.2. The Morgan fingerprint density at radius 1 is 0.290 bits per heavy atom. The SMILES string of the molecule is c1ccc(-c2ccc(-n3c4ccccc4c4ccc5c6ccccc6n(-c6nc(-c7ccccc7)nc(-c7ccc8c(c7)oc7cc(-c9ccccc9)ccc78)n6)c5c43)c(-c3ccccc3)c2)cc1. The van der Waals surface area contributed by atoms with Gasteiger partial charge in [0.2, 0.25) is 5.95 Å². The zero-order chi connectivity index (χ0) is 45.4. The van der Waals surface area contributed by atoms with Gasteiger partial charge in [0.1, 0.15) is 11.2 Å². The van der Waals surface area contributed by atoms with Gasteiger partial charge < -0.3 is 8.98 Å². The topological polar surface area (TPSA) is 61.7 Å². The van der Waals surface area contributed by atoms with Crippen molar-refractivity contribution in [1.29, 1.82) is 0 Å². The van der Waals surface area contributed by atoms with Crippen molar-refractivity contribution in [1.82, 2.24) is 24.1 Å². The van der Waals surface area contributed by atoms with E-state index in [0.717, 1.165) is 110 Å². The van der Waals surface area contributed by atoms with Crippen LogP contribution in [-0.2, 0) is 0 Å². The van der Waals surface area contributed by atoms with E-state index in [4.69, 9.17) is 19.4 Å². The van der Waals surface area contributed by atoms with Gasteiger partial charge >= 0.3 is 0 Å². The molecule has 322 valence electrons. The molecule has 0 N–H and O–H groups in total. The molecular formula is C63H39N5O. The molecule has 4 aromatic heterocycles. The average Bonchev–Trinajstić information content (AvgIpc) is 4.09. The summed E-state index contributed by atoms with van der Waals surface area (Å²) in [5, 5.41) is 6.61. The number of fused-ring (bicyclic) bond motifs is 10. The third-order valence-corrected chi connectivity index (χ3v) is 13.6. The summed E-state index contributed by atoms with van der Waals surface area (Å²) in [7, 11) is 0. The Kier molecular flexibility index (Phi) is 8.79. The summed E-state index contributed by atoms with van der Waals surface area (Å²) in [5.74, 6) is 1.65. The van der Waals surface area contributed by atoms with E-state index in [2.05, 4.69) is 221 Å². The van der Waals surface area contributed by atoms with Crippen LogP contribution in [0.5, 0.6) is 0 Å². The van der Waals surface area contributed by atoms with E-state index < -0.39 is 0 Å². The van der Waals surface area contributed by atoms with Crippen molar-refractivity contribution >= 4 is 65.6 Å². The fraction of sp³-hybridized carbons (Fsp3) is 0. The minimum atomic E-state index is 0.522. The van der Waals surface area contributed by atoms with E-state index in [-0.39, 0.29) is 0 Å². The van der Waals surface area contributed by atoms with Gasteiger partial charge in [0, 0.05) is 49.0 Å². The lowest BCUT2D eigenvalue weighted by molar-refractivity contribution is 0.669. The highest BCUT2D eigenvalue weighted by atomic mass is 16.3. The molecule has 4 heterocycles. The van der Waals surface area contributed by atoms with Crippen LogP contribution in [0.3, 0.4) is 0 Å². The largest absolute Gasteiger partial charge is 0.456 e. The summed E-state index contributed by atoms with van der Waals surface area (Å²) < 4.78 is 11.3. The molecule has 0 saturated carbocycles. The van der Waals surface area contributed by atoms with Gasteiger partial charge in [0.05, 0.1) is 27.8 Å². The van der Waals surface area contributed by atoms with E-state index in [0.29, 0.717) is 17.6 Å². The van der Waals surface area contributed by atoms with Gasteiger partial charge in [-0.3, -0.25) is 4.57 Å². The van der Waals surface area contributed by atoms with Gasteiger partial charge in [0.15, 0.2) is 11.6 Å². The van der Waals surface area contributed by atoms with Gasteiger partial charge in [-0.2, -0.15) is 9.97 Å². The lowest BCUT2D eigenvalue weighted by Crippen LogP contribution is -2.07. The molecule has 0 aliphatic heterocycles. The van der Waals surface area contributed by atoms with E-state index in [1.54, 1.807) is 0 Å². The van der Waals surface area contributed by atoms with Crippen molar-refractivity contribution in [3.05, 3.63) is 237 Å². The summed E-state index contributed by atoms with van der Waals surface area (Å²) in [5.41, 5.74) is 15.4. The summed E-state index contributed by atoms with van der Waals surface area (Å²) in [6, 6.07) is 83.4. The fourth-order valence-corrected chi connectivity index (χ4v) is 10.4. The number of hydrogen-bond donors (Lipinski definition) is 0. The molecule has 14 aromatic rings. The van der Waals surface area contributed by atoms with Crippen molar-refractivity contribution in [3.8, 4) is 67.8 Å². The van der Waals surface area contributed by atoms with Crippen molar-refractivity contribution in [2.45, 2.75) is 0 Å². The lowest BCUT2D eigenvalue weighted by atomic mass is 9.97. The first kappa shape index (κ1) is 38.8. The highest BCUT2D eigenvalue weighted by Crippen LogP contribution is 2.44. The van der Waals surface area contributed by atoms with E-state index in [9.17, 15) is 0 Å². The van der Waals surface area contributed by atoms with E-state index in [1.807, 2.05) is 24.3 Å². The van der Waals surface area contributed by atoms with Crippen molar-refractivity contribution in [3.63, 3.8) is 0 Å². The normalized spacial score (nSPS) is 11.8. The molecule has 14 rings (SSSR count). The molecule has 0 saturated heterocycles. The van der Waals surface area contributed by atoms with E-state index >= 15 is 0 Å². The molecule has 0 bridgehead atoms. The van der Waals surface area contributed by atoms with Crippen LogP contribution < -0.4 is 0 Å². The highest BCUT2D eigenvalue weighted by molar-refractivity contribution is 6.24. The van der Waals surface area contributed by atoms with Crippen LogP contribution in [0.25, 0.3) is 133 Å². The second-order valence-corrected chi connectivity index (χ2v) is 17.6. The molecule has 0 spiro atoms. The number of benzene rings is 10. The number of para-hydroxylation sites is 2. The minimum absolute atomic E-state index is 0.522. The van der Waals surface area contributed by atoms with Crippen molar-refractivity contribution in [2.75, 3.05) is 0 Å². The zero-order valence-corrected chi connectivity index (χ0v) is 37.2. The monoisotopic (exact) mass is 881 g/mol. The van der Waals surface area contributed by atoms with Crippen LogP contribution in [0, 0.1) is 0 Å². The summed E-state index contributed by atoms with van der Waals surface area (Å²) >= 11 is 0. The first-order valence-corrected chi connectivity index (χ1v) is 23.3. The van der Waals surface area contributed by atoms with Crippen LogP contribution >= 0.6 is 0 Å². The second-order valence-electron chi connectivity index (χ2n) is 17.6. The molecule has 0 radical (unpaired) electrons. The Morgan fingerprint density at radius 3 is 1.33 bits per heavy atom. The van der Waals surface area contributed by atoms with Crippen LogP contribution in [0.4, 0.5) is 0 Å². The Bertz CT molecular complexity index is 4290. The number of rotatable bonds is 7. The third-order valence-electron chi connectivity index (χ3n) is 13.6. The first-order chi connectivity index (χ1) is 34.2. The molecule has 6 nitrogen and oxygen atoms in total. The molecule has 0 amide bonds. The Morgan fingerprint density at radius 2 is 0.725 bits per heavy atom. The summed E-state index contributed by atoms with van der Waals surface area (Å²) in [4.78, 5) is 16.1. The Labute approximate surface area is 396 Å². The maximum atomic E-state index is 6.64. The number of hydrogen-bond acceptors (Lipinski definition) is 4. The molecule has 0 atom stereocenters. The predicted molar refractivity (Wildman–Crippen MR) is 283 cm³/mol. The molecule has 0 aliphatic rings. The molecule has 0 aliphatic carbocycles. The Balaban J connectivity index is 1.05. The van der Waals surface area contributed by atoms with E-state index in [1.165, 1.54) is 5.56 Å². The predicted octanol–water partition coefficient (Wildman–Crippen LogP) is 16.3. The van der Waals surface area contributed by atoms with Crippen molar-refractivity contribution < 1.29 is 4.42 Å². The number of nitrogens with zero attached hydrogens (tertiary/aromatic N) is 5. The number of aromatic nitrogens is 5. The standard InChI is InChI=1S/C63H39N5O/c1-5-17-40(18-6-1)44-31-36-56(53(37-44)42-21-9-3-10-22-42)67-54-27-15-13-25-47(54)51-34-35-52-48-26-14-16-28-55(48)68(60(52)59(51)67)63-65-61(43-23-11-4-12-24-43)64-62(66-63)46-30-33-50-49-32-29-45(41-19-7-2-8-20-41)38-57(49)69-58(50)39-46/h1-39H.